The van der Waals surface area contributed by atoms with Crippen molar-refractivity contribution in [2.24, 2.45) is 41.1 Å². The zero-order valence-corrected chi connectivity index (χ0v) is 49.3. The fraction of sp³-hybridized carbons (Fsp3) is 0.695. The lowest BCUT2D eigenvalue weighted by Gasteiger charge is -2.26. The number of primary amides is 1. The first kappa shape index (κ1) is 70.8. The van der Waals surface area contributed by atoms with Crippen LogP contribution in [0.2, 0.25) is 0 Å². The van der Waals surface area contributed by atoms with Crippen LogP contribution in [0, 0.1) is 29.6 Å². The molecule has 83 heavy (non-hydrogen) atoms. The number of carbonyl (C=O) groups is 12. The van der Waals surface area contributed by atoms with Crippen LogP contribution >= 0.6 is 0 Å². The molecule has 1 aromatic carbocycles. The van der Waals surface area contributed by atoms with Crippen LogP contribution in [-0.2, 0) is 68.8 Å². The summed E-state index contributed by atoms with van der Waals surface area (Å²) in [6, 6.07) is 5.68. The van der Waals surface area contributed by atoms with Crippen LogP contribution in [0.4, 0.5) is 4.79 Å². The van der Waals surface area contributed by atoms with Gasteiger partial charge in [-0.05, 0) is 82.2 Å². The van der Waals surface area contributed by atoms with E-state index in [1.54, 1.807) is 0 Å². The summed E-state index contributed by atoms with van der Waals surface area (Å²) >= 11 is 0. The molecule has 0 saturated carbocycles. The minimum absolute atomic E-state index is 0.0448. The second-order valence-electron chi connectivity index (χ2n) is 22.7. The number of nitrogens with one attached hydrogen (secondary N) is 6. The Morgan fingerprint density at radius 2 is 1.37 bits per heavy atom. The van der Waals surface area contributed by atoms with Gasteiger partial charge in [0.2, 0.25) is 35.4 Å². The molecule has 0 spiro atoms. The van der Waals surface area contributed by atoms with E-state index in [4.69, 9.17) is 20.9 Å². The van der Waals surface area contributed by atoms with Gasteiger partial charge in [-0.1, -0.05) is 64.4 Å². The van der Waals surface area contributed by atoms with E-state index in [2.05, 4.69) is 31.9 Å². The molecule has 0 aliphatic carbocycles. The quantitative estimate of drug-likeness (QED) is 0.0421. The van der Waals surface area contributed by atoms with E-state index in [-0.39, 0.29) is 146 Å². The van der Waals surface area contributed by atoms with Crippen molar-refractivity contribution in [3.8, 4) is 0 Å². The second kappa shape index (κ2) is 38.4. The maximum Gasteiger partial charge on any atom is 0.407 e. The van der Waals surface area contributed by atoms with Crippen LogP contribution in [0.1, 0.15) is 149 Å². The number of carbonyl (C=O) groups excluding carboxylic acids is 12. The number of Topliss-reactive ketones (excluding diaryl/α,β-unsaturated/α-hetero) is 5. The highest BCUT2D eigenvalue weighted by Crippen LogP contribution is 2.25. The average molecular weight is 1170 g/mol. The normalized spacial score (nSPS) is 17.6. The maximum absolute atomic E-state index is 13.8. The van der Waals surface area contributed by atoms with Crippen LogP contribution < -0.4 is 43.4 Å². The number of rotatable bonds is 42. The molecule has 2 saturated heterocycles. The Balaban J connectivity index is 1.48. The number of β-amino-alcohol motifs (C(OH)–C–C–N with tert-alkyl or cyclic N) is 1. The van der Waals surface area contributed by atoms with Crippen molar-refractivity contribution >= 4 is 70.5 Å². The summed E-state index contributed by atoms with van der Waals surface area (Å²) in [5.41, 5.74) is 11.9. The lowest BCUT2D eigenvalue weighted by molar-refractivity contribution is -0.139. The number of likely N-dealkylation sites (tertiary alicyclic amines) is 1. The summed E-state index contributed by atoms with van der Waals surface area (Å²) in [4.78, 5) is 159. The SMILES string of the molecule is CC(C)C[C@H](CC(=O)[C@H](CCC(N)=O)NC(=O)CCC(=O)[C@@H]1C[C@@H](O)CN1)C(=O)NCC(=O)C[C@@H](CC(C)C)C(=O)N[C@@H](C)C(=O)CCC(=O)N1CCC[C@H]1C(=O)C[C@@H](CCCCN)C(=O)NCCOCCNC(=O)OCc1ccccc1. The molecule has 2 heterocycles. The Morgan fingerprint density at radius 3 is 2.01 bits per heavy atom. The molecular weight excluding hydrogens is 1070 g/mol. The van der Waals surface area contributed by atoms with Gasteiger partial charge in [-0.3, -0.25) is 52.7 Å². The van der Waals surface area contributed by atoms with E-state index in [0.29, 0.717) is 45.2 Å². The molecule has 0 aromatic heterocycles. The lowest BCUT2D eigenvalue weighted by atomic mass is 9.88. The van der Waals surface area contributed by atoms with E-state index in [9.17, 15) is 62.6 Å². The number of nitrogens with zero attached hydrogens (tertiary/aromatic N) is 1. The standard InChI is InChI=1S/C59H93N9O15/c1-37(2)28-42(30-44(69)35-65-57(79)43(29-38(3)4)32-51(73)46(16-19-53(61)75)67-54(76)20-17-50(72)47-33-45(70)34-64-47)58(80)66-39(5)49(71)18-21-55(77)68-25-11-15-48(68)52(74)31-41(14-9-10-22-60)56(78)62-23-26-82-27-24-63-59(81)83-36-40-12-7-6-8-13-40/h6-8,12-13,37-39,41-43,45-48,64,70H,9-11,14-36,60H2,1-5H3,(H2,61,75)(H,62,78)(H,63,81)(H,65,79)(H,66,80)(H,67,76)/t39-,41+,42+,43+,45+,46-,47-,48-/m0/s1. The molecule has 24 nitrogen and oxygen atoms in total. The van der Waals surface area contributed by atoms with E-state index in [1.807, 2.05) is 58.0 Å². The Morgan fingerprint density at radius 1 is 0.711 bits per heavy atom. The fourth-order valence-corrected chi connectivity index (χ4v) is 10.1. The number of hydrogen-bond donors (Lipinski definition) is 9. The van der Waals surface area contributed by atoms with E-state index in [0.717, 1.165) is 5.56 Å². The van der Waals surface area contributed by atoms with Crippen molar-refractivity contribution in [2.75, 3.05) is 52.5 Å². The Kier molecular flexibility index (Phi) is 32.7. The first-order chi connectivity index (χ1) is 39.5. The predicted octanol–water partition coefficient (Wildman–Crippen LogP) is 1.78. The van der Waals surface area contributed by atoms with E-state index < -0.39 is 108 Å². The van der Waals surface area contributed by atoms with Gasteiger partial charge in [0.25, 0.3) is 0 Å². The first-order valence-electron chi connectivity index (χ1n) is 29.5. The molecule has 0 bridgehead atoms. The number of ketones is 5. The molecule has 7 amide bonds. The molecule has 1 aromatic rings. The van der Waals surface area contributed by atoms with Crippen LogP contribution in [0.25, 0.3) is 0 Å². The number of hydrogen-bond acceptors (Lipinski definition) is 17. The number of aliphatic hydroxyl groups excluding tert-OH is 1. The summed E-state index contributed by atoms with van der Waals surface area (Å²) < 4.78 is 10.7. The number of benzene rings is 1. The van der Waals surface area contributed by atoms with Crippen molar-refractivity contribution in [3.63, 3.8) is 0 Å². The molecule has 24 heteroatoms. The first-order valence-corrected chi connectivity index (χ1v) is 29.5. The summed E-state index contributed by atoms with van der Waals surface area (Å²) in [6.45, 7) is 10.3. The summed E-state index contributed by atoms with van der Waals surface area (Å²) in [5.74, 6) is -7.82. The zero-order chi connectivity index (χ0) is 61.4. The highest BCUT2D eigenvalue weighted by molar-refractivity contribution is 5.97. The summed E-state index contributed by atoms with van der Waals surface area (Å²) in [5, 5.41) is 25.9. The highest BCUT2D eigenvalue weighted by atomic mass is 16.5. The topological polar surface area (TPSA) is 371 Å². The third-order valence-corrected chi connectivity index (χ3v) is 14.6. The van der Waals surface area contributed by atoms with Gasteiger partial charge < -0.3 is 62.8 Å². The van der Waals surface area contributed by atoms with Crippen molar-refractivity contribution < 1.29 is 72.1 Å². The van der Waals surface area contributed by atoms with Crippen LogP contribution in [-0.4, -0.2) is 163 Å². The van der Waals surface area contributed by atoms with Gasteiger partial charge in [0.05, 0.1) is 50.0 Å². The Bertz CT molecular complexity index is 2320. The van der Waals surface area contributed by atoms with Crippen molar-refractivity contribution in [1.29, 1.82) is 0 Å². The molecule has 2 aliphatic heterocycles. The van der Waals surface area contributed by atoms with Crippen molar-refractivity contribution in [2.45, 2.75) is 181 Å². The fourth-order valence-electron chi connectivity index (χ4n) is 10.1. The molecule has 3 rings (SSSR count). The third kappa shape index (κ3) is 28.1. The maximum atomic E-state index is 13.8. The minimum Gasteiger partial charge on any atom is -0.445 e. The molecule has 464 valence electrons. The number of ether oxygens (including phenoxy) is 2. The number of amides is 7. The van der Waals surface area contributed by atoms with E-state index in [1.165, 1.54) is 11.8 Å². The number of aliphatic hydroxyl groups is 1. The number of unbranched alkanes of at least 4 members (excludes halogenated alkanes) is 1. The number of nitrogens with two attached hydrogens (primary N) is 2. The largest absolute Gasteiger partial charge is 0.445 e. The zero-order valence-electron chi connectivity index (χ0n) is 49.3. The average Bonchev–Trinajstić information content (AvgIpc) is 4.35. The van der Waals surface area contributed by atoms with Gasteiger partial charge in [-0.25, -0.2) is 4.79 Å². The second-order valence-corrected chi connectivity index (χ2v) is 22.7. The van der Waals surface area contributed by atoms with Gasteiger partial charge in [-0.15, -0.1) is 0 Å². The van der Waals surface area contributed by atoms with Crippen LogP contribution in [0.3, 0.4) is 0 Å². The molecule has 0 unspecified atom stereocenters. The molecule has 0 radical (unpaired) electrons. The van der Waals surface area contributed by atoms with Gasteiger partial charge in [0.1, 0.15) is 12.4 Å². The van der Waals surface area contributed by atoms with E-state index >= 15 is 0 Å². The molecule has 8 atom stereocenters. The van der Waals surface area contributed by atoms with Crippen LogP contribution in [0.15, 0.2) is 30.3 Å². The van der Waals surface area contributed by atoms with Crippen molar-refractivity contribution in [1.82, 2.24) is 36.8 Å². The van der Waals surface area contributed by atoms with Crippen molar-refractivity contribution in [3.05, 3.63) is 35.9 Å². The molecule has 2 fully saturated rings. The monoisotopic (exact) mass is 1170 g/mol. The molecule has 2 aliphatic rings. The van der Waals surface area contributed by atoms with Gasteiger partial charge >= 0.3 is 6.09 Å². The lowest BCUT2D eigenvalue weighted by Crippen LogP contribution is -2.45. The Labute approximate surface area is 487 Å². The molecular formula is C59H93N9O15. The smallest absolute Gasteiger partial charge is 0.407 e. The van der Waals surface area contributed by atoms with Gasteiger partial charge in [0, 0.05) is 95.3 Å². The highest BCUT2D eigenvalue weighted by Gasteiger charge is 2.37. The Hall–Kier alpha value is -6.50. The minimum atomic E-state index is -1.19. The number of alkyl carbamates (subject to hydrolysis) is 1. The molecule has 11 N–H and O–H groups in total. The third-order valence-electron chi connectivity index (χ3n) is 14.6. The summed E-state index contributed by atoms with van der Waals surface area (Å²) in [6.07, 6.45) is 0.187. The van der Waals surface area contributed by atoms with Gasteiger partial charge in [0.15, 0.2) is 23.1 Å². The van der Waals surface area contributed by atoms with Crippen LogP contribution in [0.5, 0.6) is 0 Å². The summed E-state index contributed by atoms with van der Waals surface area (Å²) in [7, 11) is 0. The van der Waals surface area contributed by atoms with Gasteiger partial charge in [-0.2, -0.15) is 0 Å². The predicted molar refractivity (Wildman–Crippen MR) is 306 cm³/mol.